The van der Waals surface area contributed by atoms with Crippen molar-refractivity contribution in [3.63, 3.8) is 0 Å². The fraction of sp³-hybridized carbons (Fsp3) is 0.200. The Hall–Kier alpha value is -1.14. The zero-order valence-corrected chi connectivity index (χ0v) is 13.6. The maximum atomic E-state index is 12.2. The van der Waals surface area contributed by atoms with Crippen LogP contribution in [0.4, 0.5) is 18.9 Å². The summed E-state index contributed by atoms with van der Waals surface area (Å²) in [6.45, 7) is 2.56. The number of rotatable bonds is 4. The average Bonchev–Trinajstić information content (AvgIpc) is 2.40. The second-order valence-corrected chi connectivity index (χ2v) is 6.45. The van der Waals surface area contributed by atoms with Gasteiger partial charge in [-0.15, -0.1) is 0 Å². The lowest BCUT2D eigenvalue weighted by Crippen LogP contribution is -2.02. The molecule has 1 nitrogen and oxygen atoms in total. The molecule has 0 spiro atoms. The summed E-state index contributed by atoms with van der Waals surface area (Å²) in [6.07, 6.45) is 0. The normalized spacial score (nSPS) is 11.5. The molecule has 112 valence electrons. The topological polar surface area (TPSA) is 12.0 Å². The van der Waals surface area contributed by atoms with Gasteiger partial charge in [0.2, 0.25) is 0 Å². The summed E-state index contributed by atoms with van der Waals surface area (Å²) in [5, 5.41) is 3.28. The Morgan fingerprint density at radius 3 is 2.38 bits per heavy atom. The van der Waals surface area contributed by atoms with Crippen LogP contribution in [-0.4, -0.2) is 5.51 Å². The monoisotopic (exact) mass is 375 g/mol. The van der Waals surface area contributed by atoms with E-state index in [0.29, 0.717) is 6.54 Å². The molecule has 0 aromatic heterocycles. The summed E-state index contributed by atoms with van der Waals surface area (Å²) in [5.74, 6) is 0. The van der Waals surface area contributed by atoms with Crippen LogP contribution in [0.15, 0.2) is 51.8 Å². The maximum Gasteiger partial charge on any atom is 0.446 e. The third-order valence-corrected chi connectivity index (χ3v) is 4.51. The summed E-state index contributed by atoms with van der Waals surface area (Å²) in [4.78, 5) is 0.199. The first-order valence-corrected chi connectivity index (χ1v) is 7.80. The van der Waals surface area contributed by atoms with Crippen molar-refractivity contribution in [1.82, 2.24) is 0 Å². The fourth-order valence-corrected chi connectivity index (χ4v) is 2.71. The van der Waals surface area contributed by atoms with E-state index in [4.69, 9.17) is 0 Å². The van der Waals surface area contributed by atoms with Gasteiger partial charge in [-0.25, -0.2) is 0 Å². The fourth-order valence-electron chi connectivity index (χ4n) is 1.81. The quantitative estimate of drug-likeness (QED) is 0.659. The molecule has 0 bridgehead atoms. The van der Waals surface area contributed by atoms with E-state index in [-0.39, 0.29) is 16.7 Å². The van der Waals surface area contributed by atoms with Crippen molar-refractivity contribution < 1.29 is 13.2 Å². The van der Waals surface area contributed by atoms with Gasteiger partial charge in [0.15, 0.2) is 0 Å². The third-order valence-electron chi connectivity index (χ3n) is 2.91. The van der Waals surface area contributed by atoms with Gasteiger partial charge in [0.1, 0.15) is 0 Å². The van der Waals surface area contributed by atoms with Gasteiger partial charge < -0.3 is 5.32 Å². The van der Waals surface area contributed by atoms with Gasteiger partial charge >= 0.3 is 5.51 Å². The molecular weight excluding hydrogens is 363 g/mol. The first-order chi connectivity index (χ1) is 9.85. The van der Waals surface area contributed by atoms with Crippen LogP contribution in [0.25, 0.3) is 0 Å². The van der Waals surface area contributed by atoms with Gasteiger partial charge in [-0.1, -0.05) is 34.1 Å². The zero-order chi connectivity index (χ0) is 15.5. The second-order valence-electron chi connectivity index (χ2n) is 4.46. The highest BCUT2D eigenvalue weighted by Gasteiger charge is 2.28. The van der Waals surface area contributed by atoms with Crippen molar-refractivity contribution in [1.29, 1.82) is 0 Å². The SMILES string of the molecule is Cc1c(Br)cccc1NCc1ccc(SC(F)(F)F)cc1. The van der Waals surface area contributed by atoms with Gasteiger partial charge in [0.25, 0.3) is 0 Å². The van der Waals surface area contributed by atoms with E-state index in [1.807, 2.05) is 25.1 Å². The van der Waals surface area contributed by atoms with Gasteiger partial charge in [0, 0.05) is 21.6 Å². The van der Waals surface area contributed by atoms with Crippen LogP contribution >= 0.6 is 27.7 Å². The lowest BCUT2D eigenvalue weighted by atomic mass is 10.2. The number of benzene rings is 2. The minimum Gasteiger partial charge on any atom is -0.381 e. The molecule has 0 saturated carbocycles. The Labute approximate surface area is 134 Å². The summed E-state index contributed by atoms with van der Waals surface area (Å²) in [7, 11) is 0. The van der Waals surface area contributed by atoms with E-state index in [1.54, 1.807) is 12.1 Å². The molecule has 0 heterocycles. The number of hydrogen-bond acceptors (Lipinski definition) is 2. The van der Waals surface area contributed by atoms with Crippen LogP contribution in [0.1, 0.15) is 11.1 Å². The van der Waals surface area contributed by atoms with Gasteiger partial charge in [-0.05, 0) is 54.1 Å². The average molecular weight is 376 g/mol. The smallest absolute Gasteiger partial charge is 0.381 e. The molecule has 0 radical (unpaired) electrons. The lowest BCUT2D eigenvalue weighted by molar-refractivity contribution is -0.0328. The van der Waals surface area contributed by atoms with E-state index in [2.05, 4.69) is 21.2 Å². The first kappa shape index (κ1) is 16.2. The summed E-state index contributed by atoms with van der Waals surface area (Å²) in [5.41, 5.74) is -1.21. The van der Waals surface area contributed by atoms with Crippen LogP contribution in [-0.2, 0) is 6.54 Å². The molecule has 0 fully saturated rings. The Bertz CT molecular complexity index is 611. The number of hydrogen-bond donors (Lipinski definition) is 1. The van der Waals surface area contributed by atoms with Crippen molar-refractivity contribution in [3.05, 3.63) is 58.1 Å². The number of anilines is 1. The van der Waals surface area contributed by atoms with Crippen molar-refractivity contribution in [2.45, 2.75) is 23.9 Å². The number of halogens is 4. The Balaban J connectivity index is 1.99. The van der Waals surface area contributed by atoms with Gasteiger partial charge in [0.05, 0.1) is 0 Å². The predicted octanol–water partition coefficient (Wildman–Crippen LogP) is 5.98. The van der Waals surface area contributed by atoms with E-state index < -0.39 is 5.51 Å². The van der Waals surface area contributed by atoms with Crippen LogP contribution in [0.3, 0.4) is 0 Å². The van der Waals surface area contributed by atoms with Crippen LogP contribution in [0.5, 0.6) is 0 Å². The summed E-state index contributed by atoms with van der Waals surface area (Å²) >= 11 is 3.36. The van der Waals surface area contributed by atoms with E-state index in [9.17, 15) is 13.2 Å². The van der Waals surface area contributed by atoms with Crippen molar-refractivity contribution in [2.24, 2.45) is 0 Å². The van der Waals surface area contributed by atoms with Crippen LogP contribution in [0.2, 0.25) is 0 Å². The molecule has 0 atom stereocenters. The molecule has 6 heteroatoms. The molecule has 0 aliphatic rings. The highest BCUT2D eigenvalue weighted by atomic mass is 79.9. The molecule has 2 rings (SSSR count). The molecular formula is C15H13BrF3NS. The molecule has 0 aliphatic carbocycles. The van der Waals surface area contributed by atoms with Crippen LogP contribution in [0, 0.1) is 6.92 Å². The highest BCUT2D eigenvalue weighted by Crippen LogP contribution is 2.36. The largest absolute Gasteiger partial charge is 0.446 e. The first-order valence-electron chi connectivity index (χ1n) is 6.19. The molecule has 0 amide bonds. The van der Waals surface area contributed by atoms with Crippen LogP contribution < -0.4 is 5.32 Å². The third kappa shape index (κ3) is 4.97. The number of thioether (sulfide) groups is 1. The molecule has 1 N–H and O–H groups in total. The molecule has 0 aliphatic heterocycles. The minimum absolute atomic E-state index is 0.0983. The van der Waals surface area contributed by atoms with E-state index in [0.717, 1.165) is 21.3 Å². The van der Waals surface area contributed by atoms with E-state index in [1.165, 1.54) is 12.1 Å². The Morgan fingerprint density at radius 1 is 1.10 bits per heavy atom. The zero-order valence-electron chi connectivity index (χ0n) is 11.2. The Morgan fingerprint density at radius 2 is 1.76 bits per heavy atom. The standard InChI is InChI=1S/C15H13BrF3NS/c1-10-13(16)3-2-4-14(10)20-9-11-5-7-12(8-6-11)21-15(17,18)19/h2-8,20H,9H2,1H3. The van der Waals surface area contributed by atoms with Gasteiger partial charge in [-0.3, -0.25) is 0 Å². The molecule has 0 saturated heterocycles. The second kappa shape index (κ2) is 6.75. The molecule has 2 aromatic rings. The van der Waals surface area contributed by atoms with Crippen molar-refractivity contribution in [3.8, 4) is 0 Å². The Kier molecular flexibility index (Phi) is 5.22. The lowest BCUT2D eigenvalue weighted by Gasteiger charge is -2.11. The minimum atomic E-state index is -4.24. The molecule has 21 heavy (non-hydrogen) atoms. The van der Waals surface area contributed by atoms with Crippen molar-refractivity contribution in [2.75, 3.05) is 5.32 Å². The molecule has 2 aromatic carbocycles. The van der Waals surface area contributed by atoms with E-state index >= 15 is 0 Å². The highest BCUT2D eigenvalue weighted by molar-refractivity contribution is 9.10. The number of alkyl halides is 3. The predicted molar refractivity (Wildman–Crippen MR) is 84.6 cm³/mol. The summed E-state index contributed by atoms with van der Waals surface area (Å²) < 4.78 is 37.7. The van der Waals surface area contributed by atoms with Crippen molar-refractivity contribution >= 4 is 33.4 Å². The summed E-state index contributed by atoms with van der Waals surface area (Å²) in [6, 6.07) is 12.2. The van der Waals surface area contributed by atoms with Gasteiger partial charge in [-0.2, -0.15) is 13.2 Å². The maximum absolute atomic E-state index is 12.2. The number of nitrogens with one attached hydrogen (secondary N) is 1. The molecule has 0 unspecified atom stereocenters.